The van der Waals surface area contributed by atoms with Gasteiger partial charge < -0.3 is 15.1 Å². The van der Waals surface area contributed by atoms with Crippen LogP contribution in [0.25, 0.3) is 11.3 Å². The van der Waals surface area contributed by atoms with Crippen molar-refractivity contribution in [3.63, 3.8) is 0 Å². The summed E-state index contributed by atoms with van der Waals surface area (Å²) in [5.41, 5.74) is 2.50. The summed E-state index contributed by atoms with van der Waals surface area (Å²) in [6, 6.07) is 18.0. The Kier molecular flexibility index (Phi) is 5.37. The van der Waals surface area contributed by atoms with Crippen molar-refractivity contribution in [2.75, 3.05) is 36.4 Å². The summed E-state index contributed by atoms with van der Waals surface area (Å²) in [5.74, 6) is 1.04. The Morgan fingerprint density at radius 2 is 1.66 bits per heavy atom. The fourth-order valence-electron chi connectivity index (χ4n) is 3.32. The Morgan fingerprint density at radius 1 is 0.966 bits per heavy atom. The maximum absolute atomic E-state index is 13.2. The van der Waals surface area contributed by atoms with E-state index in [9.17, 15) is 9.18 Å². The fraction of sp³-hybridized carbons (Fsp3) is 0.227. The monoisotopic (exact) mass is 391 g/mol. The van der Waals surface area contributed by atoms with Crippen LogP contribution in [0.1, 0.15) is 6.92 Å². The second kappa shape index (κ2) is 8.26. The van der Waals surface area contributed by atoms with Gasteiger partial charge in [0.1, 0.15) is 11.6 Å². The van der Waals surface area contributed by atoms with Crippen molar-refractivity contribution in [1.29, 1.82) is 0 Å². The second-order valence-electron chi connectivity index (χ2n) is 6.93. The van der Waals surface area contributed by atoms with Crippen LogP contribution in [-0.4, -0.2) is 47.0 Å². The maximum atomic E-state index is 13.2. The minimum atomic E-state index is -0.293. The van der Waals surface area contributed by atoms with E-state index in [-0.39, 0.29) is 11.7 Å². The van der Waals surface area contributed by atoms with Gasteiger partial charge in [0.25, 0.3) is 0 Å². The highest BCUT2D eigenvalue weighted by Crippen LogP contribution is 2.25. The number of anilines is 3. The molecule has 1 aromatic heterocycles. The summed E-state index contributed by atoms with van der Waals surface area (Å²) in [4.78, 5) is 24.9. The van der Waals surface area contributed by atoms with Crippen LogP contribution in [0.15, 0.2) is 60.7 Å². The standard InChI is InChI=1S/C22H22FN5O/c1-16(29)27-11-13-28(14-12-27)21-15-20(17-5-3-2-4-6-17)25-22(26-21)24-19-9-7-18(23)8-10-19/h2-10,15H,11-14H2,1H3,(H,24,25,26). The number of amides is 1. The molecule has 3 aromatic rings. The highest BCUT2D eigenvalue weighted by molar-refractivity contribution is 5.73. The van der Waals surface area contributed by atoms with E-state index in [1.165, 1.54) is 12.1 Å². The second-order valence-corrected chi connectivity index (χ2v) is 6.93. The van der Waals surface area contributed by atoms with E-state index in [1.54, 1.807) is 19.1 Å². The van der Waals surface area contributed by atoms with E-state index in [4.69, 9.17) is 0 Å². The van der Waals surface area contributed by atoms with Gasteiger partial charge in [-0.05, 0) is 24.3 Å². The van der Waals surface area contributed by atoms with Crippen molar-refractivity contribution in [1.82, 2.24) is 14.9 Å². The molecule has 0 saturated carbocycles. The highest BCUT2D eigenvalue weighted by atomic mass is 19.1. The molecule has 1 aliphatic rings. The van der Waals surface area contributed by atoms with Crippen molar-refractivity contribution < 1.29 is 9.18 Å². The number of halogens is 1. The minimum absolute atomic E-state index is 0.0935. The zero-order valence-electron chi connectivity index (χ0n) is 16.2. The summed E-state index contributed by atoms with van der Waals surface area (Å²) in [5, 5.41) is 3.17. The molecule has 148 valence electrons. The Morgan fingerprint density at radius 3 is 2.31 bits per heavy atom. The molecule has 1 N–H and O–H groups in total. The van der Waals surface area contributed by atoms with Gasteiger partial charge in [0.2, 0.25) is 11.9 Å². The first-order valence-electron chi connectivity index (χ1n) is 9.56. The molecule has 0 atom stereocenters. The van der Waals surface area contributed by atoms with Crippen molar-refractivity contribution in [3.8, 4) is 11.3 Å². The number of hydrogen-bond donors (Lipinski definition) is 1. The molecule has 1 aliphatic heterocycles. The van der Waals surface area contributed by atoms with E-state index >= 15 is 0 Å². The molecular formula is C22H22FN5O. The lowest BCUT2D eigenvalue weighted by Crippen LogP contribution is -2.48. The van der Waals surface area contributed by atoms with Gasteiger partial charge in [0.05, 0.1) is 5.69 Å². The topological polar surface area (TPSA) is 61.4 Å². The van der Waals surface area contributed by atoms with Crippen LogP contribution >= 0.6 is 0 Å². The number of nitrogens with zero attached hydrogens (tertiary/aromatic N) is 4. The molecular weight excluding hydrogens is 369 g/mol. The van der Waals surface area contributed by atoms with Crippen LogP contribution in [0.3, 0.4) is 0 Å². The molecule has 0 bridgehead atoms. The quantitative estimate of drug-likeness (QED) is 0.735. The van der Waals surface area contributed by atoms with E-state index < -0.39 is 0 Å². The number of piperazine rings is 1. The average Bonchev–Trinajstić information content (AvgIpc) is 2.76. The molecule has 29 heavy (non-hydrogen) atoms. The first kappa shape index (κ1) is 18.9. The molecule has 2 aromatic carbocycles. The van der Waals surface area contributed by atoms with Gasteiger partial charge in [-0.2, -0.15) is 4.98 Å². The molecule has 1 fully saturated rings. The van der Waals surface area contributed by atoms with E-state index in [1.807, 2.05) is 41.3 Å². The SMILES string of the molecule is CC(=O)N1CCN(c2cc(-c3ccccc3)nc(Nc3ccc(F)cc3)n2)CC1. The molecule has 6 nitrogen and oxygen atoms in total. The summed E-state index contributed by atoms with van der Waals surface area (Å²) in [6.07, 6.45) is 0. The average molecular weight is 391 g/mol. The van der Waals surface area contributed by atoms with Gasteiger partial charge in [-0.25, -0.2) is 9.37 Å². The number of carbonyl (C=O) groups is 1. The van der Waals surface area contributed by atoms with Gasteiger partial charge in [-0.15, -0.1) is 0 Å². The Bertz CT molecular complexity index is 986. The summed E-state index contributed by atoms with van der Waals surface area (Å²) in [7, 11) is 0. The largest absolute Gasteiger partial charge is 0.353 e. The van der Waals surface area contributed by atoms with Gasteiger partial charge in [-0.3, -0.25) is 4.79 Å². The lowest BCUT2D eigenvalue weighted by Gasteiger charge is -2.35. The van der Waals surface area contributed by atoms with Crippen molar-refractivity contribution in [2.45, 2.75) is 6.92 Å². The number of nitrogens with one attached hydrogen (secondary N) is 1. The van der Waals surface area contributed by atoms with E-state index in [0.717, 1.165) is 17.1 Å². The minimum Gasteiger partial charge on any atom is -0.353 e. The third kappa shape index (κ3) is 4.51. The van der Waals surface area contributed by atoms with Crippen LogP contribution < -0.4 is 10.2 Å². The Hall–Kier alpha value is -3.48. The van der Waals surface area contributed by atoms with Gasteiger partial charge >= 0.3 is 0 Å². The predicted molar refractivity (Wildman–Crippen MR) is 112 cm³/mol. The Labute approximate surface area is 169 Å². The summed E-state index contributed by atoms with van der Waals surface area (Å²) in [6.45, 7) is 4.35. The van der Waals surface area contributed by atoms with E-state index in [2.05, 4.69) is 20.2 Å². The zero-order valence-corrected chi connectivity index (χ0v) is 16.2. The van der Waals surface area contributed by atoms with Crippen LogP contribution in [0.2, 0.25) is 0 Å². The third-order valence-electron chi connectivity index (χ3n) is 4.93. The van der Waals surface area contributed by atoms with Crippen molar-refractivity contribution >= 4 is 23.4 Å². The van der Waals surface area contributed by atoms with Crippen LogP contribution in [0.5, 0.6) is 0 Å². The smallest absolute Gasteiger partial charge is 0.229 e. The molecule has 4 rings (SSSR count). The first-order valence-corrected chi connectivity index (χ1v) is 9.56. The highest BCUT2D eigenvalue weighted by Gasteiger charge is 2.21. The van der Waals surface area contributed by atoms with Crippen LogP contribution in [0.4, 0.5) is 21.8 Å². The summed E-state index contributed by atoms with van der Waals surface area (Å²) < 4.78 is 13.2. The van der Waals surface area contributed by atoms with Crippen molar-refractivity contribution in [3.05, 3.63) is 66.5 Å². The van der Waals surface area contributed by atoms with Crippen LogP contribution in [0, 0.1) is 5.82 Å². The van der Waals surface area contributed by atoms with Gasteiger partial charge in [-0.1, -0.05) is 30.3 Å². The molecule has 7 heteroatoms. The van der Waals surface area contributed by atoms with Gasteiger partial charge in [0.15, 0.2) is 0 Å². The molecule has 0 unspecified atom stereocenters. The number of rotatable bonds is 4. The normalized spacial score (nSPS) is 14.0. The lowest BCUT2D eigenvalue weighted by molar-refractivity contribution is -0.129. The summed E-state index contributed by atoms with van der Waals surface area (Å²) >= 11 is 0. The molecule has 1 saturated heterocycles. The number of benzene rings is 2. The van der Waals surface area contributed by atoms with Crippen molar-refractivity contribution in [2.24, 2.45) is 0 Å². The lowest BCUT2D eigenvalue weighted by atomic mass is 10.1. The zero-order chi connectivity index (χ0) is 20.2. The third-order valence-corrected chi connectivity index (χ3v) is 4.93. The number of aromatic nitrogens is 2. The van der Waals surface area contributed by atoms with Gasteiger partial charge in [0, 0.05) is 50.4 Å². The van der Waals surface area contributed by atoms with Crippen LogP contribution in [-0.2, 0) is 4.79 Å². The Balaban J connectivity index is 1.65. The van der Waals surface area contributed by atoms with E-state index in [0.29, 0.717) is 37.8 Å². The number of carbonyl (C=O) groups excluding carboxylic acids is 1. The molecule has 0 aliphatic carbocycles. The fourth-order valence-corrected chi connectivity index (χ4v) is 3.32. The molecule has 1 amide bonds. The molecule has 2 heterocycles. The predicted octanol–water partition coefficient (Wildman–Crippen LogP) is 3.69. The number of hydrogen-bond acceptors (Lipinski definition) is 5. The molecule has 0 radical (unpaired) electrons. The maximum Gasteiger partial charge on any atom is 0.229 e. The molecule has 0 spiro atoms. The first-order chi connectivity index (χ1) is 14.1.